The maximum atomic E-state index is 13.4. The number of amides is 1. The Kier molecular flexibility index (Phi) is 7.17. The molecule has 0 bridgehead atoms. The maximum absolute atomic E-state index is 13.4. The number of aromatic nitrogens is 2. The zero-order valence-electron chi connectivity index (χ0n) is 19.2. The molecule has 0 atom stereocenters. The van der Waals surface area contributed by atoms with Crippen molar-refractivity contribution in [3.8, 4) is 17.2 Å². The van der Waals surface area contributed by atoms with Crippen molar-refractivity contribution >= 4 is 44.4 Å². The second-order valence-corrected chi connectivity index (χ2v) is 9.95. The van der Waals surface area contributed by atoms with Crippen LogP contribution < -0.4 is 19.5 Å². The number of fused-ring (bicyclic) bond motifs is 1. The van der Waals surface area contributed by atoms with Gasteiger partial charge in [0.05, 0.1) is 43.0 Å². The van der Waals surface area contributed by atoms with E-state index in [2.05, 4.69) is 10.3 Å². The summed E-state index contributed by atoms with van der Waals surface area (Å²) in [6.45, 7) is 0. The molecule has 0 aliphatic heterocycles. The number of nitrogens with zero attached hydrogens (tertiary/aromatic N) is 2. The van der Waals surface area contributed by atoms with Gasteiger partial charge >= 0.3 is 0 Å². The number of hydrogen-bond donors (Lipinski definition) is 1. The van der Waals surface area contributed by atoms with Gasteiger partial charge in [-0.2, -0.15) is 0 Å². The van der Waals surface area contributed by atoms with Crippen molar-refractivity contribution in [2.75, 3.05) is 32.4 Å². The van der Waals surface area contributed by atoms with Crippen LogP contribution in [0.15, 0.2) is 76.8 Å². The van der Waals surface area contributed by atoms with E-state index < -0.39 is 10.0 Å². The summed E-state index contributed by atoms with van der Waals surface area (Å²) in [6, 6.07) is 18.3. The van der Waals surface area contributed by atoms with Gasteiger partial charge in [0.2, 0.25) is 11.7 Å². The molecule has 4 rings (SSSR count). The van der Waals surface area contributed by atoms with Crippen LogP contribution in [-0.4, -0.2) is 50.4 Å². The van der Waals surface area contributed by atoms with E-state index in [0.717, 1.165) is 11.8 Å². The van der Waals surface area contributed by atoms with Gasteiger partial charge in [-0.25, -0.2) is 17.4 Å². The van der Waals surface area contributed by atoms with E-state index in [9.17, 15) is 13.2 Å². The average Bonchev–Trinajstić information content (AvgIpc) is 3.26. The first kappa shape index (κ1) is 24.4. The molecule has 0 spiro atoms. The van der Waals surface area contributed by atoms with Crippen LogP contribution in [0.3, 0.4) is 0 Å². The Morgan fingerprint density at radius 1 is 0.943 bits per heavy atom. The molecule has 0 aliphatic carbocycles. The predicted molar refractivity (Wildman–Crippen MR) is 134 cm³/mol. The molecule has 11 heteroatoms. The highest BCUT2D eigenvalue weighted by molar-refractivity contribution is 8.00. The Bertz CT molecular complexity index is 1440. The monoisotopic (exact) mass is 513 g/mol. The van der Waals surface area contributed by atoms with E-state index in [1.54, 1.807) is 54.6 Å². The molecule has 35 heavy (non-hydrogen) atoms. The third-order valence-corrected chi connectivity index (χ3v) is 7.83. The first-order chi connectivity index (χ1) is 16.9. The van der Waals surface area contributed by atoms with E-state index in [-0.39, 0.29) is 21.7 Å². The summed E-state index contributed by atoms with van der Waals surface area (Å²) in [5, 5.41) is 2.96. The van der Waals surface area contributed by atoms with Gasteiger partial charge in [0.15, 0.2) is 16.7 Å². The number of benzene rings is 3. The fourth-order valence-corrected chi connectivity index (χ4v) is 6.02. The molecule has 1 aromatic heterocycles. The van der Waals surface area contributed by atoms with Crippen LogP contribution in [0.4, 0.5) is 5.69 Å². The topological polar surface area (TPSA) is 109 Å². The van der Waals surface area contributed by atoms with Gasteiger partial charge in [-0.3, -0.25) is 4.79 Å². The van der Waals surface area contributed by atoms with Crippen molar-refractivity contribution in [2.24, 2.45) is 0 Å². The molecule has 0 saturated carbocycles. The molecule has 9 nitrogen and oxygen atoms in total. The van der Waals surface area contributed by atoms with Crippen molar-refractivity contribution in [3.05, 3.63) is 66.7 Å². The minimum atomic E-state index is -3.93. The molecule has 4 aromatic rings. The number of carbonyl (C=O) groups is 1. The average molecular weight is 514 g/mol. The lowest BCUT2D eigenvalue weighted by Gasteiger charge is -2.14. The summed E-state index contributed by atoms with van der Waals surface area (Å²) in [5.41, 5.74) is 1.39. The van der Waals surface area contributed by atoms with Gasteiger partial charge in [0.25, 0.3) is 10.0 Å². The van der Waals surface area contributed by atoms with E-state index in [1.807, 2.05) is 0 Å². The van der Waals surface area contributed by atoms with E-state index in [1.165, 1.54) is 37.4 Å². The molecule has 0 saturated heterocycles. The third-order valence-electron chi connectivity index (χ3n) is 5.05. The van der Waals surface area contributed by atoms with Crippen LogP contribution in [0.25, 0.3) is 11.0 Å². The standard InChI is InChI=1S/C24H23N3O6S2/c1-31-20-13-16(14-21(32-2)23(20)33-3)25-22(28)15-34-24-26-18-11-7-8-12-19(18)27(24)35(29,30)17-9-5-4-6-10-17/h4-14H,15H2,1-3H3,(H,25,28). The summed E-state index contributed by atoms with van der Waals surface area (Å²) < 4.78 is 44.0. The van der Waals surface area contributed by atoms with Crippen molar-refractivity contribution in [2.45, 2.75) is 10.1 Å². The van der Waals surface area contributed by atoms with Crippen molar-refractivity contribution < 1.29 is 27.4 Å². The molecular formula is C24H23N3O6S2. The van der Waals surface area contributed by atoms with Gasteiger partial charge in [-0.15, -0.1) is 0 Å². The lowest BCUT2D eigenvalue weighted by atomic mass is 10.2. The van der Waals surface area contributed by atoms with E-state index in [0.29, 0.717) is 34.0 Å². The second-order valence-electron chi connectivity index (χ2n) is 7.22. The second kappa shape index (κ2) is 10.3. The number of nitrogens with one attached hydrogen (secondary N) is 1. The Hall–Kier alpha value is -3.70. The van der Waals surface area contributed by atoms with Crippen molar-refractivity contribution in [3.63, 3.8) is 0 Å². The number of methoxy groups -OCH3 is 3. The molecular weight excluding hydrogens is 490 g/mol. The highest BCUT2D eigenvalue weighted by Gasteiger charge is 2.25. The molecule has 1 amide bonds. The first-order valence-corrected chi connectivity index (χ1v) is 12.8. The molecule has 1 N–H and O–H groups in total. The zero-order valence-corrected chi connectivity index (χ0v) is 20.9. The molecule has 182 valence electrons. The smallest absolute Gasteiger partial charge is 0.270 e. The van der Waals surface area contributed by atoms with Crippen molar-refractivity contribution in [1.82, 2.24) is 8.96 Å². The third kappa shape index (κ3) is 4.91. The van der Waals surface area contributed by atoms with Crippen LogP contribution in [0.2, 0.25) is 0 Å². The number of rotatable bonds is 9. The van der Waals surface area contributed by atoms with Gasteiger partial charge in [0.1, 0.15) is 0 Å². The SMILES string of the molecule is COc1cc(NC(=O)CSc2nc3ccccc3n2S(=O)(=O)c2ccccc2)cc(OC)c1OC. The maximum Gasteiger partial charge on any atom is 0.270 e. The minimum Gasteiger partial charge on any atom is -0.493 e. The molecule has 1 heterocycles. The number of para-hydroxylation sites is 2. The van der Waals surface area contributed by atoms with Crippen LogP contribution in [0.1, 0.15) is 0 Å². The molecule has 0 fully saturated rings. The molecule has 0 unspecified atom stereocenters. The first-order valence-electron chi connectivity index (χ1n) is 10.4. The van der Waals surface area contributed by atoms with E-state index >= 15 is 0 Å². The number of hydrogen-bond acceptors (Lipinski definition) is 8. The fourth-order valence-electron chi connectivity index (χ4n) is 3.48. The highest BCUT2D eigenvalue weighted by atomic mass is 32.2. The van der Waals surface area contributed by atoms with E-state index in [4.69, 9.17) is 14.2 Å². The molecule has 0 aliphatic rings. The van der Waals surface area contributed by atoms with Gasteiger partial charge in [-0.1, -0.05) is 42.1 Å². The summed E-state index contributed by atoms with van der Waals surface area (Å²) in [4.78, 5) is 17.4. The van der Waals surface area contributed by atoms with Gasteiger partial charge in [-0.05, 0) is 24.3 Å². The molecule has 0 radical (unpaired) electrons. The van der Waals surface area contributed by atoms with Crippen molar-refractivity contribution in [1.29, 1.82) is 0 Å². The Labute approximate surface area is 207 Å². The Balaban J connectivity index is 1.61. The van der Waals surface area contributed by atoms with Crippen LogP contribution >= 0.6 is 11.8 Å². The van der Waals surface area contributed by atoms with Gasteiger partial charge < -0.3 is 19.5 Å². The number of imidazole rings is 1. The lowest BCUT2D eigenvalue weighted by molar-refractivity contribution is -0.113. The van der Waals surface area contributed by atoms with Crippen LogP contribution in [0, 0.1) is 0 Å². The Morgan fingerprint density at radius 2 is 1.57 bits per heavy atom. The highest BCUT2D eigenvalue weighted by Crippen LogP contribution is 2.40. The number of anilines is 1. The zero-order chi connectivity index (χ0) is 25.0. The quantitative estimate of drug-likeness (QED) is 0.334. The van der Waals surface area contributed by atoms with Crippen LogP contribution in [0.5, 0.6) is 17.2 Å². The lowest BCUT2D eigenvalue weighted by Crippen LogP contribution is -2.17. The predicted octanol–water partition coefficient (Wildman–Crippen LogP) is 4.03. The summed E-state index contributed by atoms with van der Waals surface area (Å²) in [7, 11) is 0.525. The van der Waals surface area contributed by atoms with Gasteiger partial charge in [0, 0.05) is 17.8 Å². The summed E-state index contributed by atoms with van der Waals surface area (Å²) >= 11 is 1.02. The summed E-state index contributed by atoms with van der Waals surface area (Å²) in [5.74, 6) is 0.753. The Morgan fingerprint density at radius 3 is 2.20 bits per heavy atom. The normalized spacial score (nSPS) is 11.3. The number of thioether (sulfide) groups is 1. The minimum absolute atomic E-state index is 0.0791. The number of ether oxygens (including phenoxy) is 3. The molecule has 3 aromatic carbocycles. The largest absolute Gasteiger partial charge is 0.493 e. The number of carbonyl (C=O) groups excluding carboxylic acids is 1. The van der Waals surface area contributed by atoms with Crippen LogP contribution in [-0.2, 0) is 14.8 Å². The fraction of sp³-hybridized carbons (Fsp3) is 0.167. The summed E-state index contributed by atoms with van der Waals surface area (Å²) in [6.07, 6.45) is 0.